The number of aliphatic hydroxyl groups excluding tert-OH is 1. The molecule has 1 aromatic rings. The molecule has 1 saturated heterocycles. The minimum Gasteiger partial charge on any atom is -0.481 e. The van der Waals surface area contributed by atoms with Crippen molar-refractivity contribution in [1.29, 1.82) is 0 Å². The molecule has 0 radical (unpaired) electrons. The van der Waals surface area contributed by atoms with Gasteiger partial charge in [0.2, 0.25) is 23.6 Å². The number of nitrogens with one attached hydrogen (secondary N) is 3. The summed E-state index contributed by atoms with van der Waals surface area (Å²) in [5, 5.41) is 28.1. The first-order chi connectivity index (χ1) is 29.7. The maximum Gasteiger partial charge on any atom is 0.303 e. The van der Waals surface area contributed by atoms with Crippen LogP contribution in [0.25, 0.3) is 0 Å². The van der Waals surface area contributed by atoms with Crippen molar-refractivity contribution < 1.29 is 48.5 Å². The summed E-state index contributed by atoms with van der Waals surface area (Å²) < 4.78 is 12.0. The molecule has 5 N–H and O–H groups in total. The van der Waals surface area contributed by atoms with Crippen LogP contribution in [0.15, 0.2) is 30.3 Å². The van der Waals surface area contributed by atoms with Crippen molar-refractivity contribution in [3.8, 4) is 0 Å². The van der Waals surface area contributed by atoms with Crippen LogP contribution in [0.5, 0.6) is 0 Å². The fourth-order valence-electron chi connectivity index (χ4n) is 9.04. The second-order valence-electron chi connectivity index (χ2n) is 18.5. The third-order valence-electron chi connectivity index (χ3n) is 13.0. The number of carbonyl (C=O) groups excluding carboxylic acids is 5. The van der Waals surface area contributed by atoms with E-state index in [0.29, 0.717) is 38.8 Å². The first kappa shape index (κ1) is 55.2. The number of rotatable bonds is 29. The van der Waals surface area contributed by atoms with E-state index in [0.717, 1.165) is 18.4 Å². The summed E-state index contributed by atoms with van der Waals surface area (Å²) in [6.45, 7) is 18.1. The highest BCUT2D eigenvalue weighted by Gasteiger charge is 2.42. The van der Waals surface area contributed by atoms with E-state index in [1.165, 1.54) is 14.0 Å². The maximum absolute atomic E-state index is 14.2. The average Bonchev–Trinajstić information content (AvgIpc) is 3.72. The molecule has 0 bridgehead atoms. The number of ether oxygens (including phenoxy) is 2. The number of benzene rings is 1. The van der Waals surface area contributed by atoms with Gasteiger partial charge in [0.1, 0.15) is 6.04 Å². The number of amides is 4. The Morgan fingerprint density at radius 1 is 0.857 bits per heavy atom. The molecule has 1 unspecified atom stereocenters. The molecule has 1 aromatic carbocycles. The van der Waals surface area contributed by atoms with Crippen molar-refractivity contribution in [2.75, 3.05) is 34.4 Å². The van der Waals surface area contributed by atoms with E-state index >= 15 is 0 Å². The van der Waals surface area contributed by atoms with Crippen molar-refractivity contribution in [2.24, 2.45) is 35.5 Å². The Kier molecular flexibility index (Phi) is 24.0. The molecule has 1 aliphatic heterocycles. The number of Topliss-reactive ketones (excluding diaryl/α,β-unsaturated/α-hetero) is 1. The predicted octanol–water partition coefficient (Wildman–Crippen LogP) is 4.83. The van der Waals surface area contributed by atoms with E-state index in [9.17, 15) is 33.9 Å². The number of methoxy groups -OCH3 is 2. The van der Waals surface area contributed by atoms with Crippen LogP contribution in [0.3, 0.4) is 0 Å². The summed E-state index contributed by atoms with van der Waals surface area (Å²) in [6.07, 6.45) is 1.58. The van der Waals surface area contributed by atoms with Crippen LogP contribution >= 0.6 is 0 Å². The lowest BCUT2D eigenvalue weighted by atomic mass is 9.79. The monoisotopic (exact) mass is 888 g/mol. The molecule has 11 atom stereocenters. The predicted molar refractivity (Wildman–Crippen MR) is 243 cm³/mol. The third-order valence-corrected chi connectivity index (χ3v) is 13.0. The number of hydrogen-bond acceptors (Lipinski definition) is 10. The van der Waals surface area contributed by atoms with Gasteiger partial charge in [-0.1, -0.05) is 92.1 Å². The van der Waals surface area contributed by atoms with Crippen molar-refractivity contribution >= 4 is 35.4 Å². The molecule has 1 fully saturated rings. The van der Waals surface area contributed by atoms with E-state index in [4.69, 9.17) is 14.6 Å². The number of likely N-dealkylation sites (N-methyl/N-ethyl adjacent to an activating group) is 1. The Bertz CT molecular complexity index is 1590. The lowest BCUT2D eigenvalue weighted by molar-refractivity contribution is -0.143. The summed E-state index contributed by atoms with van der Waals surface area (Å²) >= 11 is 0. The van der Waals surface area contributed by atoms with Gasteiger partial charge >= 0.3 is 5.97 Å². The number of hydrogen-bond donors (Lipinski definition) is 5. The van der Waals surface area contributed by atoms with Gasteiger partial charge in [0.15, 0.2) is 5.78 Å². The molecule has 15 heteroatoms. The molecule has 0 spiro atoms. The van der Waals surface area contributed by atoms with Crippen molar-refractivity contribution in [2.45, 2.75) is 163 Å². The molecule has 1 aliphatic rings. The standard InChI is InChI=1S/C48H81N5O10/c1-13-31(6)36(24-23-32(7)44(58)41(29(2)3)50-48(61)43(30(4)5)52(10)25-18-22-40(56)57)38(62-11)27-39(55)53-26-17-21-37(53)45(63-12)33(8)46(59)51-42(34(9)54)47(60)49-28-35-19-15-14-16-20-35/h14-16,19-20,29-34,36-38,41-43,45,54H,13,17-18,21-28H2,1-12H3,(H,49,60)(H,50,61)(H,51,59)(H,56,57)/t31-,32?,33+,34+,36-,37-,38+,41-,42-,43-,45+/m0/s1. The number of aliphatic carboxylic acids is 1. The van der Waals surface area contributed by atoms with Crippen molar-refractivity contribution in [1.82, 2.24) is 25.8 Å². The zero-order valence-corrected chi connectivity index (χ0v) is 40.2. The van der Waals surface area contributed by atoms with Crippen LogP contribution < -0.4 is 16.0 Å². The normalized spacial score (nSPS) is 19.0. The molecule has 0 aliphatic carbocycles. The number of likely N-dealkylation sites (tertiary alicyclic amines) is 1. The minimum absolute atomic E-state index is 0.00996. The highest BCUT2D eigenvalue weighted by Crippen LogP contribution is 2.33. The van der Waals surface area contributed by atoms with Gasteiger partial charge in [-0.3, -0.25) is 33.7 Å². The molecule has 358 valence electrons. The Labute approximate surface area is 377 Å². The third kappa shape index (κ3) is 16.9. The van der Waals surface area contributed by atoms with Crippen LogP contribution in [0.1, 0.15) is 119 Å². The summed E-state index contributed by atoms with van der Waals surface area (Å²) in [5.41, 5.74) is 0.877. The van der Waals surface area contributed by atoms with Gasteiger partial charge in [-0.15, -0.1) is 0 Å². The van der Waals surface area contributed by atoms with E-state index < -0.39 is 66.2 Å². The number of carboxylic acids is 1. The first-order valence-corrected chi connectivity index (χ1v) is 23.1. The molecule has 2 rings (SSSR count). The number of ketones is 1. The van der Waals surface area contributed by atoms with Crippen molar-refractivity contribution in [3.05, 3.63) is 35.9 Å². The topological polar surface area (TPSA) is 204 Å². The highest BCUT2D eigenvalue weighted by molar-refractivity contribution is 5.92. The summed E-state index contributed by atoms with van der Waals surface area (Å²) in [5.74, 6) is -3.56. The van der Waals surface area contributed by atoms with Crippen LogP contribution in [-0.2, 0) is 44.8 Å². The van der Waals surface area contributed by atoms with Crippen LogP contribution in [0.2, 0.25) is 0 Å². The smallest absolute Gasteiger partial charge is 0.303 e. The summed E-state index contributed by atoms with van der Waals surface area (Å²) in [7, 11) is 4.92. The zero-order chi connectivity index (χ0) is 47.6. The van der Waals surface area contributed by atoms with Gasteiger partial charge in [0, 0.05) is 39.6 Å². The Balaban J connectivity index is 2.15. The van der Waals surface area contributed by atoms with Crippen molar-refractivity contribution in [3.63, 3.8) is 0 Å². The molecule has 4 amide bonds. The van der Waals surface area contributed by atoms with Gasteiger partial charge in [-0.25, -0.2) is 0 Å². The Morgan fingerprint density at radius 3 is 2.03 bits per heavy atom. The molecular weight excluding hydrogens is 807 g/mol. The molecule has 15 nitrogen and oxygen atoms in total. The van der Waals surface area contributed by atoms with E-state index in [1.807, 2.05) is 69.9 Å². The average molecular weight is 888 g/mol. The van der Waals surface area contributed by atoms with E-state index in [1.54, 1.807) is 26.0 Å². The SMILES string of the molecule is CC[C@H](C)[C@H](CCC(C)C(=O)[C@@H](NC(=O)[C@H](C(C)C)N(C)CCCC(=O)O)C(C)C)[C@@H](CC(=O)N1CCC[C@H]1[C@H](OC)[C@@H](C)C(=O)N[C@H](C(=O)NCc1ccccc1)[C@@H](C)O)OC. The van der Waals surface area contributed by atoms with Gasteiger partial charge in [0.05, 0.1) is 48.8 Å². The number of aliphatic hydroxyl groups is 1. The highest BCUT2D eigenvalue weighted by atomic mass is 16.5. The van der Waals surface area contributed by atoms with Gasteiger partial charge in [-0.05, 0) is 81.9 Å². The lowest BCUT2D eigenvalue weighted by Crippen LogP contribution is -2.56. The largest absolute Gasteiger partial charge is 0.481 e. The summed E-state index contributed by atoms with van der Waals surface area (Å²) in [6, 6.07) is 6.50. The number of carboxylic acid groups (broad SMARTS) is 1. The fourth-order valence-corrected chi connectivity index (χ4v) is 9.04. The number of carbonyl (C=O) groups is 6. The fraction of sp³-hybridized carbons (Fsp3) is 0.750. The van der Waals surface area contributed by atoms with Gasteiger partial charge in [0.25, 0.3) is 0 Å². The zero-order valence-electron chi connectivity index (χ0n) is 40.2. The molecule has 0 aromatic heterocycles. The van der Waals surface area contributed by atoms with Crippen LogP contribution in [0.4, 0.5) is 0 Å². The summed E-state index contributed by atoms with van der Waals surface area (Å²) in [4.78, 5) is 83.4. The molecule has 1 heterocycles. The Morgan fingerprint density at radius 2 is 1.49 bits per heavy atom. The number of nitrogens with zero attached hydrogens (tertiary/aromatic N) is 2. The van der Waals surface area contributed by atoms with Gasteiger partial charge in [-0.2, -0.15) is 0 Å². The molecular formula is C48H81N5O10. The first-order valence-electron chi connectivity index (χ1n) is 23.1. The molecule has 63 heavy (non-hydrogen) atoms. The second-order valence-corrected chi connectivity index (χ2v) is 18.5. The quantitative estimate of drug-likeness (QED) is 0.0738. The Hall–Kier alpha value is -3.92. The van der Waals surface area contributed by atoms with Crippen LogP contribution in [-0.4, -0.2) is 132 Å². The second kappa shape index (κ2) is 27.4. The molecule has 0 saturated carbocycles. The lowest BCUT2D eigenvalue weighted by Gasteiger charge is -2.36. The van der Waals surface area contributed by atoms with E-state index in [2.05, 4.69) is 29.8 Å². The van der Waals surface area contributed by atoms with Gasteiger partial charge < -0.3 is 40.5 Å². The van der Waals surface area contributed by atoms with Crippen LogP contribution in [0, 0.1) is 35.5 Å². The maximum atomic E-state index is 14.2. The van der Waals surface area contributed by atoms with E-state index in [-0.39, 0.29) is 66.6 Å². The minimum atomic E-state index is -1.19.